The molecule has 8 nitrogen and oxygen atoms in total. The normalized spacial score (nSPS) is 7.35. The number of hydrogen-bond acceptors (Lipinski definition) is 5. The van der Waals surface area contributed by atoms with Gasteiger partial charge in [-0.15, -0.1) is 0 Å². The molecule has 0 spiro atoms. The van der Waals surface area contributed by atoms with Crippen molar-refractivity contribution >= 4 is 23.5 Å². The molecule has 9 N–H and O–H groups in total. The maximum Gasteiger partial charge on any atom is 2.00 e. The monoisotopic (exact) mass is 314 g/mol. The van der Waals surface area contributed by atoms with Gasteiger partial charge >= 0.3 is 16.5 Å². The Morgan fingerprint density at radius 3 is 1.53 bits per heavy atom. The van der Waals surface area contributed by atoms with Crippen LogP contribution in [0.4, 0.5) is 0 Å². The summed E-state index contributed by atoms with van der Waals surface area (Å²) in [7, 11) is 0. The third-order valence-electron chi connectivity index (χ3n) is 1.21. The first kappa shape index (κ1) is 24.8. The van der Waals surface area contributed by atoms with Gasteiger partial charge in [0.05, 0.1) is 23.3 Å². The summed E-state index contributed by atoms with van der Waals surface area (Å²) in [4.78, 5) is 23.8. The molecule has 0 aliphatic carbocycles. The fourth-order valence-corrected chi connectivity index (χ4v) is 0.913. The van der Waals surface area contributed by atoms with Gasteiger partial charge in [0.1, 0.15) is 0 Å². The number of aromatic nitrogens is 1. The summed E-state index contributed by atoms with van der Waals surface area (Å²) < 4.78 is 0. The minimum atomic E-state index is -1.59. The maximum atomic E-state index is 10.3. The van der Waals surface area contributed by atoms with E-state index in [0.717, 1.165) is 12.1 Å². The van der Waals surface area contributed by atoms with Crippen LogP contribution in [0.3, 0.4) is 0 Å². The fraction of sp³-hybridized carbons (Fsp3) is 0. The average Bonchev–Trinajstić information content (AvgIpc) is 2.03. The molecule has 1 aromatic rings. The fourth-order valence-electron chi connectivity index (χ4n) is 0.706. The molecule has 0 aliphatic rings. The summed E-state index contributed by atoms with van der Waals surface area (Å²) in [6, 6.07) is 1.98. The number of nitrogens with zero attached hydrogens (tertiary/aromatic N) is 1. The van der Waals surface area contributed by atoms with Crippen LogP contribution in [-0.2, 0) is 32.9 Å². The Bertz CT molecular complexity index is 354. The number of carboxylic acid groups (broad SMARTS) is 2. The van der Waals surface area contributed by atoms with E-state index in [4.69, 9.17) is 11.6 Å². The number of carbonyl (C=O) groups excluding carboxylic acids is 2. The van der Waals surface area contributed by atoms with Crippen molar-refractivity contribution in [3.8, 4) is 0 Å². The van der Waals surface area contributed by atoms with Gasteiger partial charge in [-0.25, -0.2) is 4.98 Å². The number of pyridine rings is 1. The zero-order valence-electron chi connectivity index (χ0n) is 8.16. The quantitative estimate of drug-likeness (QED) is 0.392. The van der Waals surface area contributed by atoms with Gasteiger partial charge in [0, 0.05) is 5.02 Å². The van der Waals surface area contributed by atoms with Crippen LogP contribution in [0.5, 0.6) is 0 Å². The van der Waals surface area contributed by atoms with Crippen molar-refractivity contribution in [3.63, 3.8) is 0 Å². The smallest absolute Gasteiger partial charge is 0.543 e. The van der Waals surface area contributed by atoms with Crippen molar-refractivity contribution in [2.24, 2.45) is 0 Å². The molecule has 0 aromatic carbocycles. The summed E-state index contributed by atoms with van der Waals surface area (Å²) in [6.07, 6.45) is 0. The number of carbonyl (C=O) groups is 2. The van der Waals surface area contributed by atoms with Gasteiger partial charge in [0.2, 0.25) is 0 Å². The van der Waals surface area contributed by atoms with Gasteiger partial charge in [0.25, 0.3) is 0 Å². The number of aromatic carboxylic acids is 2. The molecule has 0 unspecified atom stereocenters. The number of hydrogen-bond donors (Lipinski definition) is 0. The van der Waals surface area contributed by atoms with Crippen molar-refractivity contribution in [1.82, 2.24) is 4.98 Å². The number of halogens is 1. The van der Waals surface area contributed by atoms with Crippen LogP contribution >= 0.6 is 11.6 Å². The van der Waals surface area contributed by atoms with E-state index in [1.165, 1.54) is 0 Å². The van der Waals surface area contributed by atoms with Gasteiger partial charge in [-0.3, -0.25) is 0 Å². The van der Waals surface area contributed by atoms with Crippen LogP contribution < -0.4 is 10.2 Å². The largest absolute Gasteiger partial charge is 2.00 e. The zero-order chi connectivity index (χ0) is 10.0. The zero-order valence-corrected chi connectivity index (χ0v) is 9.90. The van der Waals surface area contributed by atoms with E-state index in [9.17, 15) is 19.8 Å². The molecule has 0 bridgehead atoms. The van der Waals surface area contributed by atoms with Crippen LogP contribution in [0.15, 0.2) is 12.1 Å². The molecule has 1 heterocycles. The molecular formula is C7H11ClNNiO7+3. The Balaban J connectivity index is -0.000000211. The molecular weight excluding hydrogens is 304 g/mol. The minimum absolute atomic E-state index is 0. The third-order valence-corrected chi connectivity index (χ3v) is 1.43. The predicted molar refractivity (Wildman–Crippen MR) is 52.5 cm³/mol. The van der Waals surface area contributed by atoms with Gasteiger partial charge in [-0.2, -0.15) is 0 Å². The molecule has 1 rings (SSSR count). The molecule has 0 atom stereocenters. The predicted octanol–water partition coefficient (Wildman–Crippen LogP) is -4.31. The second kappa shape index (κ2) is 9.94. The Hall–Kier alpha value is -1.25. The van der Waals surface area contributed by atoms with Crippen LogP contribution in [0, 0.1) is 0 Å². The van der Waals surface area contributed by atoms with Crippen LogP contribution in [0.2, 0.25) is 5.02 Å². The third kappa shape index (κ3) is 6.82. The first-order valence-electron chi connectivity index (χ1n) is 3.11. The first-order chi connectivity index (χ1) is 6.00. The van der Waals surface area contributed by atoms with Crippen molar-refractivity contribution < 1.29 is 52.7 Å². The summed E-state index contributed by atoms with van der Waals surface area (Å²) in [5.41, 5.74) is -1.07. The molecule has 1 aromatic heterocycles. The standard InChI is InChI=1S/C7H4ClNO4.Ni.3H2O/c8-3-1-4(6(10)11)9-5(2-3)7(12)13;;;;/h1-2H,(H,10,11)(H,12,13);;3*1H2/q;+2;;;/p+1. The summed E-state index contributed by atoms with van der Waals surface area (Å²) in [5.74, 6) is -3.19. The van der Waals surface area contributed by atoms with E-state index < -0.39 is 23.3 Å². The molecule has 10 heteroatoms. The summed E-state index contributed by atoms with van der Waals surface area (Å²) in [6.45, 7) is 0. The Morgan fingerprint density at radius 1 is 1.00 bits per heavy atom. The van der Waals surface area contributed by atoms with E-state index in [-0.39, 0.29) is 37.9 Å². The topological polar surface area (TPSA) is 192 Å². The minimum Gasteiger partial charge on any atom is -0.543 e. The van der Waals surface area contributed by atoms with E-state index in [1.807, 2.05) is 0 Å². The van der Waals surface area contributed by atoms with Crippen LogP contribution in [-0.4, -0.2) is 16.9 Å². The number of carboxylic acids is 2. The van der Waals surface area contributed by atoms with E-state index in [1.54, 1.807) is 0 Å². The van der Waals surface area contributed by atoms with Crippen molar-refractivity contribution in [3.05, 3.63) is 28.5 Å². The van der Waals surface area contributed by atoms with Gasteiger partial charge in [-0.05, 0) is 12.1 Å². The summed E-state index contributed by atoms with van der Waals surface area (Å²) in [5, 5.41) is 20.5. The van der Waals surface area contributed by atoms with Crippen LogP contribution in [0.1, 0.15) is 21.0 Å². The summed E-state index contributed by atoms with van der Waals surface area (Å²) >= 11 is 5.42. The molecule has 0 amide bonds. The second-order valence-corrected chi connectivity index (χ2v) is 2.57. The first-order valence-corrected chi connectivity index (χ1v) is 3.49. The van der Waals surface area contributed by atoms with Crippen molar-refractivity contribution in [2.45, 2.75) is 0 Å². The van der Waals surface area contributed by atoms with Crippen molar-refractivity contribution in [1.29, 1.82) is 0 Å². The van der Waals surface area contributed by atoms with Gasteiger partial charge in [0.15, 0.2) is 0 Å². The van der Waals surface area contributed by atoms with Gasteiger partial charge in [-0.1, -0.05) is 11.6 Å². The van der Waals surface area contributed by atoms with Crippen molar-refractivity contribution in [2.75, 3.05) is 0 Å². The Kier molecular flexibility index (Phi) is 14.5. The molecule has 100 valence electrons. The Morgan fingerprint density at radius 2 is 1.29 bits per heavy atom. The molecule has 0 fully saturated rings. The van der Waals surface area contributed by atoms with E-state index >= 15 is 0 Å². The molecule has 0 saturated carbocycles. The molecule has 17 heavy (non-hydrogen) atoms. The van der Waals surface area contributed by atoms with Gasteiger partial charge < -0.3 is 36.2 Å². The average molecular weight is 315 g/mol. The second-order valence-electron chi connectivity index (χ2n) is 2.13. The Labute approximate surface area is 110 Å². The van der Waals surface area contributed by atoms with E-state index in [2.05, 4.69) is 4.98 Å². The number of rotatable bonds is 2. The molecule has 0 saturated heterocycles. The SMILES string of the molecule is O=C([O-])c1cc(Cl)cc(C(=O)[O-])n1.[Ni+2].[OH3+].[OH3+].[OH3+]. The molecule has 0 radical (unpaired) electrons. The molecule has 0 aliphatic heterocycles. The maximum absolute atomic E-state index is 10.3. The van der Waals surface area contributed by atoms with Crippen LogP contribution in [0.25, 0.3) is 0 Å². The van der Waals surface area contributed by atoms with E-state index in [0.29, 0.717) is 0 Å².